The molecule has 0 radical (unpaired) electrons. The van der Waals surface area contributed by atoms with Crippen LogP contribution in [0.5, 0.6) is 0 Å². The van der Waals surface area contributed by atoms with Crippen LogP contribution in [0.4, 0.5) is 4.39 Å². The zero-order chi connectivity index (χ0) is 15.5. The molecule has 1 aliphatic rings. The van der Waals surface area contributed by atoms with Crippen molar-refractivity contribution in [2.45, 2.75) is 19.1 Å². The van der Waals surface area contributed by atoms with Crippen molar-refractivity contribution in [3.8, 4) is 0 Å². The van der Waals surface area contributed by atoms with Crippen molar-refractivity contribution >= 4 is 5.91 Å². The van der Waals surface area contributed by atoms with Gasteiger partial charge in [-0.25, -0.2) is 4.39 Å². The van der Waals surface area contributed by atoms with Crippen LogP contribution in [0.25, 0.3) is 0 Å². The molecule has 2 unspecified atom stereocenters. The molecule has 22 heavy (non-hydrogen) atoms. The first kappa shape index (κ1) is 14.7. The van der Waals surface area contributed by atoms with Crippen molar-refractivity contribution in [3.05, 3.63) is 71.5 Å². The molecule has 3 rings (SSSR count). The fraction of sp³-hybridized carbons (Fsp3) is 0.278. The number of rotatable bonds is 2. The van der Waals surface area contributed by atoms with Gasteiger partial charge in [-0.05, 0) is 30.7 Å². The van der Waals surface area contributed by atoms with Gasteiger partial charge < -0.3 is 9.64 Å². The highest BCUT2D eigenvalue weighted by Crippen LogP contribution is 2.29. The molecule has 1 fully saturated rings. The highest BCUT2D eigenvalue weighted by molar-refractivity contribution is 5.94. The van der Waals surface area contributed by atoms with Gasteiger partial charge in [0.15, 0.2) is 0 Å². The summed E-state index contributed by atoms with van der Waals surface area (Å²) >= 11 is 0. The quantitative estimate of drug-likeness (QED) is 0.850. The van der Waals surface area contributed by atoms with E-state index in [1.165, 1.54) is 12.1 Å². The van der Waals surface area contributed by atoms with E-state index in [2.05, 4.69) is 0 Å². The summed E-state index contributed by atoms with van der Waals surface area (Å²) in [6, 6.07) is 15.6. The number of hydrogen-bond acceptors (Lipinski definition) is 2. The van der Waals surface area contributed by atoms with Crippen molar-refractivity contribution in [1.82, 2.24) is 4.90 Å². The van der Waals surface area contributed by atoms with Gasteiger partial charge in [-0.3, -0.25) is 4.79 Å². The number of ether oxygens (including phenoxy) is 1. The lowest BCUT2D eigenvalue weighted by Gasteiger charge is -2.39. The summed E-state index contributed by atoms with van der Waals surface area (Å²) in [7, 11) is 0. The Morgan fingerprint density at radius 3 is 2.68 bits per heavy atom. The summed E-state index contributed by atoms with van der Waals surface area (Å²) in [5.74, 6) is -0.553. The molecule has 0 spiro atoms. The topological polar surface area (TPSA) is 29.5 Å². The van der Waals surface area contributed by atoms with Crippen LogP contribution >= 0.6 is 0 Å². The minimum absolute atomic E-state index is 0.105. The second-order valence-electron chi connectivity index (χ2n) is 5.45. The molecule has 0 bridgehead atoms. The third-order valence-corrected chi connectivity index (χ3v) is 4.02. The number of nitrogens with zero attached hydrogens (tertiary/aromatic N) is 1. The third-order valence-electron chi connectivity index (χ3n) is 4.02. The molecule has 3 nitrogen and oxygen atoms in total. The van der Waals surface area contributed by atoms with Crippen molar-refractivity contribution in [2.75, 3.05) is 13.2 Å². The SMILES string of the molecule is CC1C(c2ccccc2)OCCN1C(=O)c1cccc(F)c1. The summed E-state index contributed by atoms with van der Waals surface area (Å²) in [4.78, 5) is 14.4. The van der Waals surface area contributed by atoms with E-state index in [1.54, 1.807) is 17.0 Å². The number of halogens is 1. The molecule has 4 heteroatoms. The highest BCUT2D eigenvalue weighted by Gasteiger charge is 2.33. The lowest BCUT2D eigenvalue weighted by molar-refractivity contribution is -0.0551. The van der Waals surface area contributed by atoms with Crippen LogP contribution in [0.3, 0.4) is 0 Å². The smallest absolute Gasteiger partial charge is 0.254 e. The predicted molar refractivity (Wildman–Crippen MR) is 82.0 cm³/mol. The Bertz CT molecular complexity index is 659. The molecule has 0 aromatic heterocycles. The summed E-state index contributed by atoms with van der Waals surface area (Å²) in [6.07, 6.45) is -0.160. The van der Waals surface area contributed by atoms with Gasteiger partial charge in [0, 0.05) is 12.1 Å². The van der Waals surface area contributed by atoms with Crippen LogP contribution < -0.4 is 0 Å². The minimum atomic E-state index is -0.397. The molecule has 0 N–H and O–H groups in total. The number of hydrogen-bond donors (Lipinski definition) is 0. The van der Waals surface area contributed by atoms with Crippen LogP contribution in [0.2, 0.25) is 0 Å². The average Bonchev–Trinajstić information content (AvgIpc) is 2.55. The van der Waals surface area contributed by atoms with Crippen molar-refractivity contribution in [3.63, 3.8) is 0 Å². The number of carbonyl (C=O) groups is 1. The van der Waals surface area contributed by atoms with Gasteiger partial charge >= 0.3 is 0 Å². The number of amides is 1. The van der Waals surface area contributed by atoms with E-state index in [1.807, 2.05) is 37.3 Å². The molecule has 1 amide bonds. The first-order valence-corrected chi connectivity index (χ1v) is 7.40. The summed E-state index contributed by atoms with van der Waals surface area (Å²) in [5.41, 5.74) is 1.42. The second kappa shape index (κ2) is 6.28. The van der Waals surface area contributed by atoms with E-state index < -0.39 is 5.82 Å². The largest absolute Gasteiger partial charge is 0.370 e. The first-order chi connectivity index (χ1) is 10.7. The molecule has 1 heterocycles. The zero-order valence-electron chi connectivity index (χ0n) is 12.4. The van der Waals surface area contributed by atoms with Crippen LogP contribution in [0, 0.1) is 5.82 Å². The summed E-state index contributed by atoms with van der Waals surface area (Å²) in [5, 5.41) is 0. The van der Waals surface area contributed by atoms with Gasteiger partial charge in [-0.15, -0.1) is 0 Å². The highest BCUT2D eigenvalue weighted by atomic mass is 19.1. The molecule has 2 atom stereocenters. The minimum Gasteiger partial charge on any atom is -0.370 e. The van der Waals surface area contributed by atoms with Crippen LogP contribution in [0.1, 0.15) is 28.9 Å². The maximum atomic E-state index is 13.3. The molecule has 2 aromatic rings. The Kier molecular flexibility index (Phi) is 4.20. The van der Waals surface area contributed by atoms with E-state index in [0.717, 1.165) is 5.56 Å². The Hall–Kier alpha value is -2.20. The Labute approximate surface area is 129 Å². The fourth-order valence-corrected chi connectivity index (χ4v) is 2.88. The molecule has 114 valence electrons. The zero-order valence-corrected chi connectivity index (χ0v) is 12.4. The lowest BCUT2D eigenvalue weighted by Crippen LogP contribution is -2.48. The Morgan fingerprint density at radius 2 is 1.95 bits per heavy atom. The van der Waals surface area contributed by atoms with Crippen LogP contribution in [0.15, 0.2) is 54.6 Å². The molecule has 1 saturated heterocycles. The second-order valence-corrected chi connectivity index (χ2v) is 5.45. The van der Waals surface area contributed by atoms with Gasteiger partial charge in [0.1, 0.15) is 11.9 Å². The monoisotopic (exact) mass is 299 g/mol. The summed E-state index contributed by atoms with van der Waals surface area (Å²) < 4.78 is 19.2. The number of benzene rings is 2. The number of carbonyl (C=O) groups excluding carboxylic acids is 1. The lowest BCUT2D eigenvalue weighted by atomic mass is 9.99. The number of morpholine rings is 1. The van der Waals surface area contributed by atoms with Crippen LogP contribution in [-0.2, 0) is 4.74 Å². The van der Waals surface area contributed by atoms with Crippen molar-refractivity contribution in [1.29, 1.82) is 0 Å². The van der Waals surface area contributed by atoms with Gasteiger partial charge in [0.05, 0.1) is 12.6 Å². The standard InChI is InChI=1S/C18H18FNO2/c1-13-17(14-6-3-2-4-7-14)22-11-10-20(13)18(21)15-8-5-9-16(19)12-15/h2-9,12-13,17H,10-11H2,1H3. The van der Waals surface area contributed by atoms with Crippen LogP contribution in [-0.4, -0.2) is 30.0 Å². The van der Waals surface area contributed by atoms with Gasteiger partial charge in [-0.1, -0.05) is 36.4 Å². The van der Waals surface area contributed by atoms with E-state index in [-0.39, 0.29) is 18.1 Å². The van der Waals surface area contributed by atoms with Gasteiger partial charge in [0.25, 0.3) is 5.91 Å². The molecular formula is C18H18FNO2. The first-order valence-electron chi connectivity index (χ1n) is 7.40. The average molecular weight is 299 g/mol. The molecule has 0 saturated carbocycles. The fourth-order valence-electron chi connectivity index (χ4n) is 2.88. The molecule has 1 aliphatic heterocycles. The third kappa shape index (κ3) is 2.88. The normalized spacial score (nSPS) is 21.6. The van der Waals surface area contributed by atoms with E-state index in [4.69, 9.17) is 4.74 Å². The van der Waals surface area contributed by atoms with E-state index >= 15 is 0 Å². The van der Waals surface area contributed by atoms with Crippen molar-refractivity contribution in [2.24, 2.45) is 0 Å². The van der Waals surface area contributed by atoms with Crippen molar-refractivity contribution < 1.29 is 13.9 Å². The van der Waals surface area contributed by atoms with E-state index in [0.29, 0.717) is 18.7 Å². The molecular weight excluding hydrogens is 281 g/mol. The maximum Gasteiger partial charge on any atom is 0.254 e. The Morgan fingerprint density at radius 1 is 1.18 bits per heavy atom. The Balaban J connectivity index is 1.83. The molecule has 0 aliphatic carbocycles. The van der Waals surface area contributed by atoms with E-state index in [9.17, 15) is 9.18 Å². The van der Waals surface area contributed by atoms with Gasteiger partial charge in [-0.2, -0.15) is 0 Å². The maximum absolute atomic E-state index is 13.3. The predicted octanol–water partition coefficient (Wildman–Crippen LogP) is 3.43. The molecule has 2 aromatic carbocycles. The summed E-state index contributed by atoms with van der Waals surface area (Å²) in [6.45, 7) is 2.96. The van der Waals surface area contributed by atoms with Gasteiger partial charge in [0.2, 0.25) is 0 Å².